The van der Waals surface area contributed by atoms with Crippen LogP contribution in [-0.4, -0.2) is 29.5 Å². The van der Waals surface area contributed by atoms with Gasteiger partial charge in [-0.1, -0.05) is 0 Å². The molecular weight excluding hydrogens is 320 g/mol. The molecule has 100 valence electrons. The summed E-state index contributed by atoms with van der Waals surface area (Å²) in [7, 11) is 0. The molecule has 18 heavy (non-hydrogen) atoms. The molecule has 0 unspecified atom stereocenters. The molecule has 1 aliphatic rings. The Bertz CT molecular complexity index is 420. The zero-order chi connectivity index (χ0) is 13.1. The van der Waals surface area contributed by atoms with E-state index in [9.17, 15) is 8.78 Å². The minimum absolute atomic E-state index is 0.173. The van der Waals surface area contributed by atoms with Gasteiger partial charge in [-0.25, -0.2) is 8.78 Å². The average Bonchev–Trinajstić information content (AvgIpc) is 2.40. The predicted octanol–water partition coefficient (Wildman–Crippen LogP) is 4.05. The number of piperidine rings is 1. The molecule has 1 aromatic carbocycles. The van der Waals surface area contributed by atoms with Gasteiger partial charge in [0.15, 0.2) is 0 Å². The van der Waals surface area contributed by atoms with E-state index in [1.54, 1.807) is 0 Å². The molecular formula is C13H16BrF2NS. The van der Waals surface area contributed by atoms with Gasteiger partial charge in [-0.05, 0) is 60.2 Å². The highest BCUT2D eigenvalue weighted by atomic mass is 79.9. The van der Waals surface area contributed by atoms with Gasteiger partial charge in [0, 0.05) is 17.4 Å². The third-order valence-corrected chi connectivity index (χ3v) is 5.14. The average molecular weight is 336 g/mol. The third kappa shape index (κ3) is 3.25. The molecule has 0 spiro atoms. The van der Waals surface area contributed by atoms with Gasteiger partial charge in [0.2, 0.25) is 0 Å². The first-order chi connectivity index (χ1) is 8.61. The van der Waals surface area contributed by atoms with E-state index >= 15 is 0 Å². The first kappa shape index (κ1) is 14.3. The van der Waals surface area contributed by atoms with E-state index in [2.05, 4.69) is 27.1 Å². The Kier molecular flexibility index (Phi) is 5.04. The Morgan fingerprint density at radius 2 is 2.00 bits per heavy atom. The molecule has 1 fully saturated rings. The molecule has 1 aromatic rings. The summed E-state index contributed by atoms with van der Waals surface area (Å²) in [5, 5.41) is 0.693. The summed E-state index contributed by atoms with van der Waals surface area (Å²) in [6, 6.07) is 2.73. The number of likely N-dealkylation sites (tertiary alicyclic amines) is 1. The number of nitrogens with zero attached hydrogens (tertiary/aromatic N) is 1. The van der Waals surface area contributed by atoms with E-state index in [1.807, 2.05) is 11.8 Å². The van der Waals surface area contributed by atoms with Crippen LogP contribution in [0.5, 0.6) is 0 Å². The van der Waals surface area contributed by atoms with Crippen molar-refractivity contribution in [1.29, 1.82) is 0 Å². The molecule has 0 saturated carbocycles. The van der Waals surface area contributed by atoms with Gasteiger partial charge in [0.25, 0.3) is 0 Å². The summed E-state index contributed by atoms with van der Waals surface area (Å²) >= 11 is 4.98. The molecule has 1 heterocycles. The fraction of sp³-hybridized carbons (Fsp3) is 0.538. The Hall–Kier alpha value is -0.130. The van der Waals surface area contributed by atoms with Crippen molar-refractivity contribution in [3.8, 4) is 0 Å². The molecule has 0 amide bonds. The molecule has 5 heteroatoms. The van der Waals surface area contributed by atoms with Crippen molar-refractivity contribution in [2.45, 2.75) is 24.6 Å². The van der Waals surface area contributed by atoms with Crippen molar-refractivity contribution in [3.63, 3.8) is 0 Å². The maximum atomic E-state index is 13.8. The summed E-state index contributed by atoms with van der Waals surface area (Å²) in [4.78, 5) is 2.13. The molecule has 0 atom stereocenters. The smallest absolute Gasteiger partial charge is 0.144 e. The standard InChI is InChI=1S/C13H16BrF2NS/c1-18-9-4-6-17(7-5-9)8-10-12(15)3-2-11(14)13(10)16/h2-3,9H,4-8H2,1H3. The second kappa shape index (κ2) is 6.35. The predicted molar refractivity (Wildman–Crippen MR) is 75.9 cm³/mol. The SMILES string of the molecule is CSC1CCN(Cc2c(F)ccc(Br)c2F)CC1. The largest absolute Gasteiger partial charge is 0.299 e. The van der Waals surface area contributed by atoms with E-state index in [1.165, 1.54) is 12.1 Å². The lowest BCUT2D eigenvalue weighted by molar-refractivity contribution is 0.219. The quantitative estimate of drug-likeness (QED) is 0.766. The Morgan fingerprint density at radius 1 is 1.33 bits per heavy atom. The van der Waals surface area contributed by atoms with Crippen molar-refractivity contribution < 1.29 is 8.78 Å². The third-order valence-electron chi connectivity index (χ3n) is 3.39. The van der Waals surface area contributed by atoms with Gasteiger partial charge in [-0.2, -0.15) is 11.8 Å². The van der Waals surface area contributed by atoms with Gasteiger partial charge in [0.1, 0.15) is 11.6 Å². The van der Waals surface area contributed by atoms with Crippen LogP contribution in [0, 0.1) is 11.6 Å². The maximum Gasteiger partial charge on any atom is 0.144 e. The highest BCUT2D eigenvalue weighted by Crippen LogP contribution is 2.26. The summed E-state index contributed by atoms with van der Waals surface area (Å²) in [5.74, 6) is -0.926. The molecule has 1 saturated heterocycles. The number of halogens is 3. The molecule has 1 aliphatic heterocycles. The molecule has 0 bridgehead atoms. The van der Waals surface area contributed by atoms with Crippen LogP contribution in [-0.2, 0) is 6.54 Å². The second-order valence-corrected chi connectivity index (χ2v) is 6.53. The van der Waals surface area contributed by atoms with E-state index < -0.39 is 11.6 Å². The highest BCUT2D eigenvalue weighted by molar-refractivity contribution is 9.10. The van der Waals surface area contributed by atoms with Crippen molar-refractivity contribution in [2.75, 3.05) is 19.3 Å². The Labute approximate surface area is 119 Å². The van der Waals surface area contributed by atoms with Crippen LogP contribution in [0.4, 0.5) is 8.78 Å². The van der Waals surface area contributed by atoms with Gasteiger partial charge >= 0.3 is 0 Å². The molecule has 0 radical (unpaired) electrons. The van der Waals surface area contributed by atoms with Crippen LogP contribution >= 0.6 is 27.7 Å². The van der Waals surface area contributed by atoms with E-state index in [4.69, 9.17) is 0 Å². The van der Waals surface area contributed by atoms with Crippen molar-refractivity contribution in [3.05, 3.63) is 33.8 Å². The number of benzene rings is 1. The summed E-state index contributed by atoms with van der Waals surface area (Å²) in [5.41, 5.74) is 0.173. The molecule has 0 aromatic heterocycles. The first-order valence-electron chi connectivity index (χ1n) is 5.99. The molecule has 2 rings (SSSR count). The van der Waals surface area contributed by atoms with Crippen molar-refractivity contribution in [2.24, 2.45) is 0 Å². The summed E-state index contributed by atoms with van der Waals surface area (Å²) in [6.07, 6.45) is 4.31. The summed E-state index contributed by atoms with van der Waals surface area (Å²) in [6.45, 7) is 2.19. The number of rotatable bonds is 3. The Balaban J connectivity index is 2.04. The second-order valence-electron chi connectivity index (χ2n) is 4.53. The molecule has 0 aliphatic carbocycles. The topological polar surface area (TPSA) is 3.24 Å². The van der Waals surface area contributed by atoms with E-state index in [0.29, 0.717) is 16.3 Å². The first-order valence-corrected chi connectivity index (χ1v) is 8.07. The zero-order valence-electron chi connectivity index (χ0n) is 10.3. The van der Waals surface area contributed by atoms with Crippen LogP contribution in [0.2, 0.25) is 0 Å². The lowest BCUT2D eigenvalue weighted by Gasteiger charge is -2.31. The molecule has 0 N–H and O–H groups in total. The van der Waals surface area contributed by atoms with E-state index in [-0.39, 0.29) is 5.56 Å². The van der Waals surface area contributed by atoms with Gasteiger partial charge < -0.3 is 0 Å². The lowest BCUT2D eigenvalue weighted by Crippen LogP contribution is -2.34. The molecule has 1 nitrogen and oxygen atoms in total. The van der Waals surface area contributed by atoms with Crippen LogP contribution in [0.1, 0.15) is 18.4 Å². The van der Waals surface area contributed by atoms with Crippen LogP contribution in [0.25, 0.3) is 0 Å². The number of hydrogen-bond donors (Lipinski definition) is 0. The van der Waals surface area contributed by atoms with Crippen molar-refractivity contribution in [1.82, 2.24) is 4.90 Å². The monoisotopic (exact) mass is 335 g/mol. The lowest BCUT2D eigenvalue weighted by atomic mass is 10.1. The summed E-state index contributed by atoms with van der Waals surface area (Å²) < 4.78 is 27.8. The van der Waals surface area contributed by atoms with E-state index in [0.717, 1.165) is 25.9 Å². The van der Waals surface area contributed by atoms with Gasteiger partial charge in [-0.3, -0.25) is 4.90 Å². The highest BCUT2D eigenvalue weighted by Gasteiger charge is 2.21. The number of hydrogen-bond acceptors (Lipinski definition) is 2. The van der Waals surface area contributed by atoms with Gasteiger partial charge in [0.05, 0.1) is 4.47 Å². The fourth-order valence-corrected chi connectivity index (χ4v) is 3.29. The zero-order valence-corrected chi connectivity index (χ0v) is 12.7. The fourth-order valence-electron chi connectivity index (χ4n) is 2.24. The maximum absolute atomic E-state index is 13.8. The number of thioether (sulfide) groups is 1. The Morgan fingerprint density at radius 3 is 2.61 bits per heavy atom. The van der Waals surface area contributed by atoms with Crippen LogP contribution < -0.4 is 0 Å². The van der Waals surface area contributed by atoms with Crippen molar-refractivity contribution >= 4 is 27.7 Å². The minimum Gasteiger partial charge on any atom is -0.299 e. The van der Waals surface area contributed by atoms with Gasteiger partial charge in [-0.15, -0.1) is 0 Å². The normalized spacial score (nSPS) is 18.2. The van der Waals surface area contributed by atoms with Crippen LogP contribution in [0.3, 0.4) is 0 Å². The van der Waals surface area contributed by atoms with Crippen LogP contribution in [0.15, 0.2) is 16.6 Å². The minimum atomic E-state index is -0.470.